The van der Waals surface area contributed by atoms with Crippen molar-refractivity contribution in [1.82, 2.24) is 0 Å². The van der Waals surface area contributed by atoms with Crippen LogP contribution in [0.3, 0.4) is 0 Å². The van der Waals surface area contributed by atoms with Crippen LogP contribution in [0.1, 0.15) is 20.0 Å². The Bertz CT molecular complexity index is 902. The molecule has 0 fully saturated rings. The second-order valence-corrected chi connectivity index (χ2v) is 5.83. The lowest BCUT2D eigenvalue weighted by atomic mass is 10.1. The molecule has 0 aliphatic heterocycles. The van der Waals surface area contributed by atoms with Gasteiger partial charge in [-0.2, -0.15) is 0 Å². The van der Waals surface area contributed by atoms with Gasteiger partial charge in [-0.1, -0.05) is 18.2 Å². The van der Waals surface area contributed by atoms with Gasteiger partial charge in [0.15, 0.2) is 6.61 Å². The number of ether oxygens (including phenoxy) is 1. The van der Waals surface area contributed by atoms with Gasteiger partial charge >= 0.3 is 5.97 Å². The van der Waals surface area contributed by atoms with E-state index in [2.05, 4.69) is 0 Å². The summed E-state index contributed by atoms with van der Waals surface area (Å²) in [5.41, 5.74) is -0.136. The molecule has 0 saturated carbocycles. The summed E-state index contributed by atoms with van der Waals surface area (Å²) in [6.45, 7) is -0.573. The fourth-order valence-corrected chi connectivity index (χ4v) is 3.06. The van der Waals surface area contributed by atoms with Crippen LogP contribution in [0.5, 0.6) is 0 Å². The Labute approximate surface area is 134 Å². The van der Waals surface area contributed by atoms with Crippen LogP contribution in [-0.2, 0) is 4.74 Å². The van der Waals surface area contributed by atoms with Gasteiger partial charge < -0.3 is 4.74 Å². The minimum Gasteiger partial charge on any atom is -0.453 e. The molecule has 23 heavy (non-hydrogen) atoms. The van der Waals surface area contributed by atoms with E-state index >= 15 is 0 Å². The van der Waals surface area contributed by atoms with Gasteiger partial charge in [-0.05, 0) is 30.3 Å². The number of esters is 1. The Kier molecular flexibility index (Phi) is 4.16. The predicted molar refractivity (Wildman–Crippen MR) is 82.8 cm³/mol. The number of carbonyl (C=O) groups is 2. The first kappa shape index (κ1) is 15.3. The standard InChI is InChI=1S/C17H10F2O3S/c18-12-5-2-1-4-10(12)14(20)9-22-17(21)16-8-11-13(19)6-3-7-15(11)23-16/h1-8H,9H2. The molecule has 6 heteroatoms. The molecular weight excluding hydrogens is 322 g/mol. The summed E-state index contributed by atoms with van der Waals surface area (Å²) in [5.74, 6) is -2.48. The Hall–Kier alpha value is -2.60. The van der Waals surface area contributed by atoms with Gasteiger partial charge in [-0.15, -0.1) is 11.3 Å². The summed E-state index contributed by atoms with van der Waals surface area (Å²) in [6, 6.07) is 11.4. The minimum atomic E-state index is -0.740. The fourth-order valence-electron chi connectivity index (χ4n) is 2.09. The van der Waals surface area contributed by atoms with E-state index in [0.29, 0.717) is 10.1 Å². The Morgan fingerprint density at radius 1 is 1.00 bits per heavy atom. The number of ketones is 1. The maximum atomic E-state index is 13.6. The van der Waals surface area contributed by atoms with Crippen molar-refractivity contribution >= 4 is 33.2 Å². The third-order valence-electron chi connectivity index (χ3n) is 3.22. The third kappa shape index (κ3) is 3.12. The second-order valence-electron chi connectivity index (χ2n) is 4.74. The normalized spacial score (nSPS) is 10.7. The van der Waals surface area contributed by atoms with Crippen LogP contribution < -0.4 is 0 Å². The molecule has 3 nitrogen and oxygen atoms in total. The number of Topliss-reactive ketones (excluding diaryl/α,β-unsaturated/α-hetero) is 1. The first-order chi connectivity index (χ1) is 11.1. The monoisotopic (exact) mass is 332 g/mol. The van der Waals surface area contributed by atoms with Crippen LogP contribution in [-0.4, -0.2) is 18.4 Å². The van der Waals surface area contributed by atoms with E-state index in [-0.39, 0.29) is 10.4 Å². The van der Waals surface area contributed by atoms with E-state index in [1.165, 1.54) is 30.3 Å². The molecular formula is C17H10F2O3S. The second kappa shape index (κ2) is 6.26. The lowest BCUT2D eigenvalue weighted by molar-refractivity contribution is 0.0478. The molecule has 3 rings (SSSR count). The molecule has 0 atom stereocenters. The molecule has 0 spiro atoms. The maximum Gasteiger partial charge on any atom is 0.348 e. The van der Waals surface area contributed by atoms with Crippen LogP contribution in [0.4, 0.5) is 8.78 Å². The highest BCUT2D eigenvalue weighted by Crippen LogP contribution is 2.28. The largest absolute Gasteiger partial charge is 0.453 e. The summed E-state index contributed by atoms with van der Waals surface area (Å²) in [4.78, 5) is 24.0. The Morgan fingerprint density at radius 3 is 2.48 bits per heavy atom. The topological polar surface area (TPSA) is 43.4 Å². The molecule has 0 radical (unpaired) electrons. The Morgan fingerprint density at radius 2 is 1.74 bits per heavy atom. The molecule has 1 heterocycles. The number of hydrogen-bond donors (Lipinski definition) is 0. The molecule has 0 aliphatic rings. The highest BCUT2D eigenvalue weighted by Gasteiger charge is 2.17. The summed E-state index contributed by atoms with van der Waals surface area (Å²) < 4.78 is 32.6. The van der Waals surface area contributed by atoms with Crippen molar-refractivity contribution in [2.75, 3.05) is 6.61 Å². The minimum absolute atomic E-state index is 0.136. The van der Waals surface area contributed by atoms with Gasteiger partial charge in [0.05, 0.1) is 5.56 Å². The highest BCUT2D eigenvalue weighted by atomic mass is 32.1. The fraction of sp³-hybridized carbons (Fsp3) is 0.0588. The molecule has 116 valence electrons. The van der Waals surface area contributed by atoms with E-state index in [1.807, 2.05) is 0 Å². The van der Waals surface area contributed by atoms with Crippen molar-refractivity contribution in [2.24, 2.45) is 0 Å². The molecule has 0 bridgehead atoms. The smallest absolute Gasteiger partial charge is 0.348 e. The quantitative estimate of drug-likeness (QED) is 0.531. The summed E-state index contributed by atoms with van der Waals surface area (Å²) >= 11 is 1.07. The van der Waals surface area contributed by atoms with Crippen LogP contribution >= 0.6 is 11.3 Å². The molecule has 0 amide bonds. The van der Waals surface area contributed by atoms with E-state index in [4.69, 9.17) is 4.74 Å². The molecule has 0 saturated heterocycles. The van der Waals surface area contributed by atoms with Crippen molar-refractivity contribution in [1.29, 1.82) is 0 Å². The Balaban J connectivity index is 1.73. The number of fused-ring (bicyclic) bond motifs is 1. The number of hydrogen-bond acceptors (Lipinski definition) is 4. The van der Waals surface area contributed by atoms with Gasteiger partial charge in [0, 0.05) is 10.1 Å². The summed E-state index contributed by atoms with van der Waals surface area (Å²) in [5, 5.41) is 0.324. The van der Waals surface area contributed by atoms with Crippen molar-refractivity contribution in [3.8, 4) is 0 Å². The highest BCUT2D eigenvalue weighted by molar-refractivity contribution is 7.20. The van der Waals surface area contributed by atoms with Gasteiger partial charge in [-0.3, -0.25) is 4.79 Å². The van der Waals surface area contributed by atoms with Crippen molar-refractivity contribution < 1.29 is 23.1 Å². The maximum absolute atomic E-state index is 13.6. The van der Waals surface area contributed by atoms with Gasteiger partial charge in [0.2, 0.25) is 5.78 Å². The molecule has 3 aromatic rings. The van der Waals surface area contributed by atoms with Gasteiger partial charge in [0.25, 0.3) is 0 Å². The first-order valence-electron chi connectivity index (χ1n) is 6.69. The lowest BCUT2D eigenvalue weighted by Crippen LogP contribution is -2.14. The molecule has 0 unspecified atom stereocenters. The SMILES string of the molecule is O=C(OCC(=O)c1ccccc1F)c1cc2c(F)cccc2s1. The van der Waals surface area contributed by atoms with E-state index in [0.717, 1.165) is 17.4 Å². The number of thiophene rings is 1. The van der Waals surface area contributed by atoms with Crippen LogP contribution in [0.15, 0.2) is 48.5 Å². The zero-order chi connectivity index (χ0) is 16.4. The average Bonchev–Trinajstić information content (AvgIpc) is 2.98. The van der Waals surface area contributed by atoms with Crippen molar-refractivity contribution in [3.63, 3.8) is 0 Å². The van der Waals surface area contributed by atoms with Gasteiger partial charge in [0.1, 0.15) is 16.5 Å². The van der Waals surface area contributed by atoms with Crippen LogP contribution in [0.2, 0.25) is 0 Å². The van der Waals surface area contributed by atoms with E-state index in [1.54, 1.807) is 12.1 Å². The number of benzene rings is 2. The summed E-state index contributed by atoms with van der Waals surface area (Å²) in [7, 11) is 0. The van der Waals surface area contributed by atoms with E-state index in [9.17, 15) is 18.4 Å². The average molecular weight is 332 g/mol. The van der Waals surface area contributed by atoms with Crippen LogP contribution in [0.25, 0.3) is 10.1 Å². The predicted octanol–water partition coefficient (Wildman–Crippen LogP) is 4.22. The molecule has 2 aromatic carbocycles. The lowest BCUT2D eigenvalue weighted by Gasteiger charge is -2.03. The summed E-state index contributed by atoms with van der Waals surface area (Å²) in [6.07, 6.45) is 0. The number of carbonyl (C=O) groups excluding carboxylic acids is 2. The third-order valence-corrected chi connectivity index (χ3v) is 4.30. The first-order valence-corrected chi connectivity index (χ1v) is 7.51. The molecule has 1 aromatic heterocycles. The van der Waals surface area contributed by atoms with Crippen LogP contribution in [0, 0.1) is 11.6 Å². The molecule has 0 aliphatic carbocycles. The number of halogens is 2. The zero-order valence-corrected chi connectivity index (χ0v) is 12.5. The van der Waals surface area contributed by atoms with Crippen molar-refractivity contribution in [2.45, 2.75) is 0 Å². The zero-order valence-electron chi connectivity index (χ0n) is 11.7. The van der Waals surface area contributed by atoms with Crippen molar-refractivity contribution in [3.05, 3.63) is 70.6 Å². The number of rotatable bonds is 4. The molecule has 0 N–H and O–H groups in total. The van der Waals surface area contributed by atoms with E-state index < -0.39 is 30.0 Å². The van der Waals surface area contributed by atoms with Gasteiger partial charge in [-0.25, -0.2) is 13.6 Å².